The van der Waals surface area contributed by atoms with E-state index in [0.29, 0.717) is 6.92 Å². The van der Waals surface area contributed by atoms with Gasteiger partial charge in [0, 0.05) is 6.54 Å². The Morgan fingerprint density at radius 1 is 0.611 bits per heavy atom. The molecule has 0 aliphatic heterocycles. The molecule has 0 rings (SSSR count). The molecule has 22 heteroatoms. The van der Waals surface area contributed by atoms with Crippen molar-refractivity contribution in [1.29, 1.82) is 0 Å². The molecule has 0 aliphatic rings. The third-order valence-electron chi connectivity index (χ3n) is 4.52. The summed E-state index contributed by atoms with van der Waals surface area (Å²) in [6, 6.07) is 0. The SMILES string of the molecule is CCCC(O)N(CC)S(=O)(=O)C(F)(F)C(F)(F)C(F)(F)C(F)(F)C(F)(F)C(F)(F)C(F)(F)C(F)(F)F. The Labute approximate surface area is 190 Å². The first-order chi connectivity index (χ1) is 15.4. The quantitative estimate of drug-likeness (QED) is 0.231. The van der Waals surface area contributed by atoms with Gasteiger partial charge in [-0.3, -0.25) is 0 Å². The monoisotopic (exact) mass is 599 g/mol. The van der Waals surface area contributed by atoms with Crippen LogP contribution in [0.25, 0.3) is 0 Å². The molecule has 0 bridgehead atoms. The van der Waals surface area contributed by atoms with Crippen LogP contribution in [-0.4, -0.2) is 77.6 Å². The zero-order valence-electron chi connectivity index (χ0n) is 17.2. The first-order valence-corrected chi connectivity index (χ1v) is 10.3. The van der Waals surface area contributed by atoms with E-state index < -0.39 is 80.5 Å². The maximum Gasteiger partial charge on any atom is 0.460 e. The fourth-order valence-electron chi connectivity index (χ4n) is 2.40. The van der Waals surface area contributed by atoms with Crippen molar-refractivity contribution in [2.75, 3.05) is 6.54 Å². The lowest BCUT2D eigenvalue weighted by atomic mass is 9.91. The Balaban J connectivity index is 7.05. The summed E-state index contributed by atoms with van der Waals surface area (Å²) in [4.78, 5) is 0. The maximum absolute atomic E-state index is 14.1. The average Bonchev–Trinajstić information content (AvgIpc) is 2.66. The van der Waals surface area contributed by atoms with Crippen molar-refractivity contribution >= 4 is 10.0 Å². The minimum absolute atomic E-state index is 0.321. The highest BCUT2D eigenvalue weighted by atomic mass is 32.2. The zero-order chi connectivity index (χ0) is 29.8. The van der Waals surface area contributed by atoms with Gasteiger partial charge in [0.15, 0.2) is 0 Å². The van der Waals surface area contributed by atoms with Gasteiger partial charge in [-0.25, -0.2) is 8.42 Å². The second-order valence-electron chi connectivity index (χ2n) is 6.94. The van der Waals surface area contributed by atoms with E-state index in [1.54, 1.807) is 0 Å². The lowest BCUT2D eigenvalue weighted by molar-refractivity contribution is -0.458. The molecule has 0 saturated heterocycles. The molecular formula is C14H14F17NO3S. The van der Waals surface area contributed by atoms with E-state index in [4.69, 9.17) is 0 Å². The largest absolute Gasteiger partial charge is 0.460 e. The number of alkyl halides is 17. The summed E-state index contributed by atoms with van der Waals surface area (Å²) < 4.78 is 248. The van der Waals surface area contributed by atoms with Crippen molar-refractivity contribution in [2.45, 2.75) is 79.9 Å². The Bertz CT molecular complexity index is 884. The minimum Gasteiger partial charge on any atom is -0.377 e. The number of hydrogen-bond acceptors (Lipinski definition) is 3. The summed E-state index contributed by atoms with van der Waals surface area (Å²) in [7, 11) is -7.48. The smallest absolute Gasteiger partial charge is 0.377 e. The molecule has 1 unspecified atom stereocenters. The third-order valence-corrected chi connectivity index (χ3v) is 6.54. The van der Waals surface area contributed by atoms with Crippen LogP contribution < -0.4 is 0 Å². The van der Waals surface area contributed by atoms with Crippen LogP contribution in [0, 0.1) is 0 Å². The molecule has 0 heterocycles. The second kappa shape index (κ2) is 9.45. The lowest BCUT2D eigenvalue weighted by Gasteiger charge is -2.43. The number of hydrogen-bond donors (Lipinski definition) is 1. The Morgan fingerprint density at radius 2 is 0.917 bits per heavy atom. The molecule has 0 saturated carbocycles. The zero-order valence-corrected chi connectivity index (χ0v) is 18.1. The fraction of sp³-hybridized carbons (Fsp3) is 1.00. The second-order valence-corrected chi connectivity index (χ2v) is 8.87. The molecule has 0 aliphatic carbocycles. The van der Waals surface area contributed by atoms with E-state index in [2.05, 4.69) is 0 Å². The highest BCUT2D eigenvalue weighted by Gasteiger charge is 2.96. The van der Waals surface area contributed by atoms with Gasteiger partial charge in [-0.05, 0) is 6.42 Å². The van der Waals surface area contributed by atoms with E-state index in [0.717, 1.165) is 6.92 Å². The highest BCUT2D eigenvalue weighted by Crippen LogP contribution is 2.64. The van der Waals surface area contributed by atoms with Crippen LogP contribution >= 0.6 is 0 Å². The molecule has 218 valence electrons. The molecule has 1 N–H and O–H groups in total. The topological polar surface area (TPSA) is 57.6 Å². The number of aliphatic hydroxyl groups is 1. The summed E-state index contributed by atoms with van der Waals surface area (Å²) in [5, 5.41) is 1.79. The third kappa shape index (κ3) is 4.47. The molecule has 0 spiro atoms. The summed E-state index contributed by atoms with van der Waals surface area (Å²) in [5.74, 6) is -51.9. The van der Waals surface area contributed by atoms with Crippen LogP contribution in [-0.2, 0) is 10.0 Å². The van der Waals surface area contributed by atoms with E-state index in [-0.39, 0.29) is 6.42 Å². The fourth-order valence-corrected chi connectivity index (χ4v) is 3.91. The van der Waals surface area contributed by atoms with E-state index in [9.17, 15) is 88.2 Å². The van der Waals surface area contributed by atoms with Gasteiger partial charge in [0.25, 0.3) is 10.0 Å². The van der Waals surface area contributed by atoms with Crippen molar-refractivity contribution < 1.29 is 88.2 Å². The Hall–Kier alpha value is -1.32. The van der Waals surface area contributed by atoms with Crippen molar-refractivity contribution in [1.82, 2.24) is 4.31 Å². The average molecular weight is 599 g/mol. The van der Waals surface area contributed by atoms with Crippen LogP contribution in [0.15, 0.2) is 0 Å². The molecule has 0 aromatic heterocycles. The molecule has 0 aromatic carbocycles. The summed E-state index contributed by atoms with van der Waals surface area (Å²) in [5.41, 5.74) is 0. The highest BCUT2D eigenvalue weighted by molar-refractivity contribution is 7.90. The van der Waals surface area contributed by atoms with Gasteiger partial charge in [0.2, 0.25) is 0 Å². The van der Waals surface area contributed by atoms with Gasteiger partial charge < -0.3 is 5.11 Å². The maximum atomic E-state index is 14.1. The van der Waals surface area contributed by atoms with Gasteiger partial charge in [-0.1, -0.05) is 20.3 Å². The first-order valence-electron chi connectivity index (χ1n) is 8.84. The van der Waals surface area contributed by atoms with Crippen molar-refractivity contribution in [3.8, 4) is 0 Å². The van der Waals surface area contributed by atoms with Crippen molar-refractivity contribution in [3.05, 3.63) is 0 Å². The predicted octanol–water partition coefficient (Wildman–Crippen LogP) is 5.72. The van der Waals surface area contributed by atoms with Gasteiger partial charge >= 0.3 is 47.0 Å². The molecule has 0 radical (unpaired) electrons. The number of sulfonamides is 1. The van der Waals surface area contributed by atoms with E-state index >= 15 is 0 Å². The normalized spacial score (nSPS) is 17.0. The van der Waals surface area contributed by atoms with Crippen LogP contribution in [0.5, 0.6) is 0 Å². The van der Waals surface area contributed by atoms with Crippen molar-refractivity contribution in [2.24, 2.45) is 0 Å². The minimum atomic E-state index is -8.89. The van der Waals surface area contributed by atoms with Gasteiger partial charge in [-0.2, -0.15) is 78.9 Å². The summed E-state index contributed by atoms with van der Waals surface area (Å²) in [6.45, 7) is 0.124. The van der Waals surface area contributed by atoms with Crippen LogP contribution in [0.2, 0.25) is 0 Å². The lowest BCUT2D eigenvalue weighted by Crippen LogP contribution is -2.75. The molecule has 0 aromatic rings. The molecule has 36 heavy (non-hydrogen) atoms. The molecule has 0 amide bonds. The van der Waals surface area contributed by atoms with Crippen molar-refractivity contribution in [3.63, 3.8) is 0 Å². The van der Waals surface area contributed by atoms with E-state index in [1.807, 2.05) is 0 Å². The van der Waals surface area contributed by atoms with Crippen LogP contribution in [0.1, 0.15) is 26.7 Å². The Kier molecular flexibility index (Phi) is 9.11. The van der Waals surface area contributed by atoms with Gasteiger partial charge in [0.1, 0.15) is 6.23 Å². The summed E-state index contributed by atoms with van der Waals surface area (Å²) >= 11 is 0. The Morgan fingerprint density at radius 3 is 1.19 bits per heavy atom. The van der Waals surface area contributed by atoms with E-state index in [1.165, 1.54) is 0 Å². The molecular weight excluding hydrogens is 585 g/mol. The molecule has 4 nitrogen and oxygen atoms in total. The summed E-state index contributed by atoms with van der Waals surface area (Å²) in [6.07, 6.45) is -11.8. The number of halogens is 17. The predicted molar refractivity (Wildman–Crippen MR) is 82.9 cm³/mol. The number of aliphatic hydroxyl groups excluding tert-OH is 1. The first kappa shape index (κ1) is 34.7. The van der Waals surface area contributed by atoms with Crippen LogP contribution in [0.4, 0.5) is 74.6 Å². The van der Waals surface area contributed by atoms with Crippen LogP contribution in [0.3, 0.4) is 0 Å². The standard InChI is InChI=1S/C14H14F17NO3S/c1-3-5-6(33)32(4-2)36(34,35)14(30,31)12(25,26)10(21,22)8(17,18)7(15,16)9(19,20)11(23,24)13(27,28)29/h6,33H,3-5H2,1-2H3. The van der Waals surface area contributed by atoms with Gasteiger partial charge in [0.05, 0.1) is 0 Å². The number of rotatable bonds is 12. The molecule has 1 atom stereocenters. The van der Waals surface area contributed by atoms with Gasteiger partial charge in [-0.15, -0.1) is 0 Å². The number of nitrogens with zero attached hydrogens (tertiary/aromatic N) is 1. The molecule has 0 fully saturated rings.